The highest BCUT2D eigenvalue weighted by molar-refractivity contribution is 7.18. The molecule has 1 N–H and O–H groups in total. The van der Waals surface area contributed by atoms with Crippen molar-refractivity contribution in [2.45, 2.75) is 32.9 Å². The van der Waals surface area contributed by atoms with Crippen LogP contribution in [0.15, 0.2) is 34.7 Å². The first-order chi connectivity index (χ1) is 11.1. The molecule has 0 aliphatic carbocycles. The van der Waals surface area contributed by atoms with Crippen LogP contribution in [0.2, 0.25) is 0 Å². The van der Waals surface area contributed by atoms with E-state index in [4.69, 9.17) is 0 Å². The topological polar surface area (TPSA) is 64.0 Å². The van der Waals surface area contributed by atoms with Crippen LogP contribution in [0, 0.1) is 0 Å². The summed E-state index contributed by atoms with van der Waals surface area (Å²) in [6.07, 6.45) is 2.33. The highest BCUT2D eigenvalue weighted by Gasteiger charge is 2.13. The highest BCUT2D eigenvalue weighted by Crippen LogP contribution is 2.21. The Balaban J connectivity index is 1.77. The van der Waals surface area contributed by atoms with Crippen molar-refractivity contribution in [1.29, 1.82) is 0 Å². The van der Waals surface area contributed by atoms with Crippen molar-refractivity contribution in [3.63, 3.8) is 0 Å². The molecule has 3 rings (SSSR count). The molecule has 0 aliphatic heterocycles. The van der Waals surface area contributed by atoms with Crippen molar-refractivity contribution in [2.75, 3.05) is 0 Å². The van der Waals surface area contributed by atoms with Gasteiger partial charge in [0.1, 0.15) is 11.4 Å². The van der Waals surface area contributed by atoms with Crippen molar-refractivity contribution >= 4 is 38.8 Å². The second-order valence-corrected chi connectivity index (χ2v) is 7.36. The van der Waals surface area contributed by atoms with Gasteiger partial charge in [0.15, 0.2) is 0 Å². The first-order valence-electron chi connectivity index (χ1n) is 7.39. The molecule has 3 aromatic rings. The molecule has 3 heterocycles. The Morgan fingerprint density at radius 3 is 3.00 bits per heavy atom. The summed E-state index contributed by atoms with van der Waals surface area (Å²) in [6, 6.07) is 5.74. The van der Waals surface area contributed by atoms with E-state index in [2.05, 4.69) is 10.3 Å². The van der Waals surface area contributed by atoms with Crippen LogP contribution < -0.4 is 10.9 Å². The number of aromatic nitrogens is 2. The van der Waals surface area contributed by atoms with E-state index in [0.717, 1.165) is 21.0 Å². The predicted molar refractivity (Wildman–Crippen MR) is 94.1 cm³/mol. The molecule has 1 atom stereocenters. The first kappa shape index (κ1) is 15.9. The lowest BCUT2D eigenvalue weighted by Crippen LogP contribution is -2.33. The van der Waals surface area contributed by atoms with Gasteiger partial charge in [-0.3, -0.25) is 14.2 Å². The van der Waals surface area contributed by atoms with E-state index in [1.165, 1.54) is 22.2 Å². The molecule has 0 bridgehead atoms. The van der Waals surface area contributed by atoms with Gasteiger partial charge in [-0.25, -0.2) is 4.98 Å². The number of nitrogens with one attached hydrogen (secondary N) is 1. The van der Waals surface area contributed by atoms with E-state index in [9.17, 15) is 9.59 Å². The molecule has 120 valence electrons. The molecule has 7 heteroatoms. The Morgan fingerprint density at radius 1 is 1.48 bits per heavy atom. The zero-order valence-electron chi connectivity index (χ0n) is 12.9. The summed E-state index contributed by atoms with van der Waals surface area (Å²) in [6.45, 7) is 3.96. The van der Waals surface area contributed by atoms with Gasteiger partial charge < -0.3 is 5.32 Å². The number of rotatable bonds is 5. The van der Waals surface area contributed by atoms with E-state index >= 15 is 0 Å². The molecule has 0 radical (unpaired) electrons. The number of hydrogen-bond acceptors (Lipinski definition) is 5. The normalized spacial score (nSPS) is 12.4. The SMILES string of the molecule is CCc1cc2c(=O)n(CC(=O)NC(C)c3cccs3)cnc2s1. The minimum atomic E-state index is -0.194. The Kier molecular flexibility index (Phi) is 4.58. The number of carbonyl (C=O) groups is 1. The van der Waals surface area contributed by atoms with E-state index in [0.29, 0.717) is 5.39 Å². The Morgan fingerprint density at radius 2 is 2.30 bits per heavy atom. The third kappa shape index (κ3) is 3.35. The van der Waals surface area contributed by atoms with E-state index in [1.54, 1.807) is 11.3 Å². The number of aryl methyl sites for hydroxylation is 1. The van der Waals surface area contributed by atoms with Crippen LogP contribution in [0.25, 0.3) is 10.2 Å². The number of carbonyl (C=O) groups excluding carboxylic acids is 1. The molecule has 0 fully saturated rings. The van der Waals surface area contributed by atoms with Crippen LogP contribution in [0.4, 0.5) is 0 Å². The van der Waals surface area contributed by atoms with Crippen LogP contribution in [-0.4, -0.2) is 15.5 Å². The average molecular weight is 347 g/mol. The molecular weight excluding hydrogens is 330 g/mol. The smallest absolute Gasteiger partial charge is 0.262 e. The second kappa shape index (κ2) is 6.64. The summed E-state index contributed by atoms with van der Waals surface area (Å²) < 4.78 is 1.37. The minimum Gasteiger partial charge on any atom is -0.347 e. The zero-order valence-corrected chi connectivity index (χ0v) is 14.5. The monoisotopic (exact) mass is 347 g/mol. The van der Waals surface area contributed by atoms with Gasteiger partial charge in [-0.05, 0) is 30.9 Å². The maximum Gasteiger partial charge on any atom is 0.262 e. The van der Waals surface area contributed by atoms with E-state index < -0.39 is 0 Å². The Labute approximate surface area is 141 Å². The van der Waals surface area contributed by atoms with Crippen molar-refractivity contribution in [1.82, 2.24) is 14.9 Å². The summed E-state index contributed by atoms with van der Waals surface area (Å²) >= 11 is 3.12. The molecule has 0 aliphatic rings. The third-order valence-corrected chi connectivity index (χ3v) is 5.82. The van der Waals surface area contributed by atoms with Gasteiger partial charge in [-0.2, -0.15) is 0 Å². The van der Waals surface area contributed by atoms with Crippen molar-refractivity contribution in [2.24, 2.45) is 0 Å². The Bertz CT molecular complexity index is 881. The molecule has 1 amide bonds. The summed E-state index contributed by atoms with van der Waals surface area (Å²) in [5, 5.41) is 5.47. The number of amides is 1. The lowest BCUT2D eigenvalue weighted by molar-refractivity contribution is -0.122. The van der Waals surface area contributed by atoms with Crippen LogP contribution in [0.3, 0.4) is 0 Å². The van der Waals surface area contributed by atoms with Gasteiger partial charge in [0.2, 0.25) is 5.91 Å². The van der Waals surface area contributed by atoms with E-state index in [-0.39, 0.29) is 24.1 Å². The molecule has 3 aromatic heterocycles. The van der Waals surface area contributed by atoms with E-state index in [1.807, 2.05) is 37.4 Å². The molecule has 0 saturated carbocycles. The highest BCUT2D eigenvalue weighted by atomic mass is 32.1. The molecule has 1 unspecified atom stereocenters. The molecule has 23 heavy (non-hydrogen) atoms. The fourth-order valence-corrected chi connectivity index (χ4v) is 4.01. The molecule has 0 aromatic carbocycles. The fourth-order valence-electron chi connectivity index (χ4n) is 2.35. The fraction of sp³-hybridized carbons (Fsp3) is 0.312. The van der Waals surface area contributed by atoms with Crippen LogP contribution in [0.5, 0.6) is 0 Å². The largest absolute Gasteiger partial charge is 0.347 e. The second-order valence-electron chi connectivity index (χ2n) is 5.27. The van der Waals surface area contributed by atoms with Crippen molar-refractivity contribution in [3.05, 3.63) is 50.0 Å². The van der Waals surface area contributed by atoms with Gasteiger partial charge in [0.05, 0.1) is 17.8 Å². The van der Waals surface area contributed by atoms with Gasteiger partial charge >= 0.3 is 0 Å². The summed E-state index contributed by atoms with van der Waals surface area (Å²) in [5.74, 6) is -0.194. The standard InChI is InChI=1S/C16H17N3O2S2/c1-3-11-7-12-15(23-11)17-9-19(16(12)21)8-14(20)18-10(2)13-5-4-6-22-13/h4-7,9-10H,3,8H2,1-2H3,(H,18,20). The Hall–Kier alpha value is -1.99. The quantitative estimate of drug-likeness (QED) is 0.772. The maximum absolute atomic E-state index is 12.5. The van der Waals surface area contributed by atoms with Crippen LogP contribution in [-0.2, 0) is 17.8 Å². The van der Waals surface area contributed by atoms with Crippen molar-refractivity contribution < 1.29 is 4.79 Å². The number of fused-ring (bicyclic) bond motifs is 1. The van der Waals surface area contributed by atoms with Gasteiger partial charge in [-0.1, -0.05) is 13.0 Å². The molecular formula is C16H17N3O2S2. The minimum absolute atomic E-state index is 0.0191. The van der Waals surface area contributed by atoms with Crippen LogP contribution in [0.1, 0.15) is 29.6 Å². The van der Waals surface area contributed by atoms with Gasteiger partial charge in [0, 0.05) is 9.75 Å². The maximum atomic E-state index is 12.5. The number of thiophene rings is 2. The molecule has 0 spiro atoms. The predicted octanol–water partition coefficient (Wildman–Crippen LogP) is 2.96. The van der Waals surface area contributed by atoms with Crippen LogP contribution >= 0.6 is 22.7 Å². The summed E-state index contributed by atoms with van der Waals surface area (Å²) in [7, 11) is 0. The number of nitrogens with zero attached hydrogens (tertiary/aromatic N) is 2. The lowest BCUT2D eigenvalue weighted by Gasteiger charge is -2.12. The van der Waals surface area contributed by atoms with Crippen molar-refractivity contribution in [3.8, 4) is 0 Å². The molecule has 5 nitrogen and oxygen atoms in total. The lowest BCUT2D eigenvalue weighted by atomic mass is 10.3. The summed E-state index contributed by atoms with van der Waals surface area (Å²) in [5.41, 5.74) is -0.162. The first-order valence-corrected chi connectivity index (χ1v) is 9.08. The zero-order chi connectivity index (χ0) is 16.4. The van der Waals surface area contributed by atoms with Gasteiger partial charge in [-0.15, -0.1) is 22.7 Å². The third-order valence-electron chi connectivity index (χ3n) is 3.58. The molecule has 0 saturated heterocycles. The average Bonchev–Trinajstić information content (AvgIpc) is 3.19. The summed E-state index contributed by atoms with van der Waals surface area (Å²) in [4.78, 5) is 31.9. The van der Waals surface area contributed by atoms with Gasteiger partial charge in [0.25, 0.3) is 5.56 Å². The number of hydrogen-bond donors (Lipinski definition) is 1.